The summed E-state index contributed by atoms with van der Waals surface area (Å²) in [6, 6.07) is 0.983. The summed E-state index contributed by atoms with van der Waals surface area (Å²) < 4.78 is 34.5. The van der Waals surface area contributed by atoms with Crippen molar-refractivity contribution in [3.63, 3.8) is 0 Å². The topological polar surface area (TPSA) is 127 Å². The third-order valence-corrected chi connectivity index (χ3v) is 6.08. The summed E-state index contributed by atoms with van der Waals surface area (Å²) >= 11 is 0. The van der Waals surface area contributed by atoms with Crippen LogP contribution in [0.4, 0.5) is 16.3 Å². The number of aryl methyl sites for hydroxylation is 1. The van der Waals surface area contributed by atoms with Gasteiger partial charge in [0.15, 0.2) is 4.90 Å². The minimum atomic E-state index is -4.16. The van der Waals surface area contributed by atoms with E-state index in [0.717, 1.165) is 12.0 Å². The number of urea groups is 1. The van der Waals surface area contributed by atoms with Gasteiger partial charge in [0.2, 0.25) is 5.88 Å². The molecule has 3 N–H and O–H groups in total. The summed E-state index contributed by atoms with van der Waals surface area (Å²) in [6.45, 7) is 8.88. The second kappa shape index (κ2) is 8.50. The van der Waals surface area contributed by atoms with E-state index in [4.69, 9.17) is 4.74 Å². The Labute approximate surface area is 176 Å². The maximum atomic E-state index is 12.8. The van der Waals surface area contributed by atoms with E-state index in [2.05, 4.69) is 25.4 Å². The summed E-state index contributed by atoms with van der Waals surface area (Å²) in [5.41, 5.74) is 2.04. The van der Waals surface area contributed by atoms with E-state index in [0.29, 0.717) is 30.4 Å². The molecular formula is C19H28N6O4S. The fourth-order valence-corrected chi connectivity index (χ4v) is 4.25. The van der Waals surface area contributed by atoms with Crippen LogP contribution in [0.25, 0.3) is 0 Å². The highest BCUT2D eigenvalue weighted by Crippen LogP contribution is 2.33. The molecule has 0 aliphatic carbocycles. The number of anilines is 2. The molecule has 0 unspecified atom stereocenters. The summed E-state index contributed by atoms with van der Waals surface area (Å²) in [6.07, 6.45) is 1.94. The summed E-state index contributed by atoms with van der Waals surface area (Å²) in [5.74, 6) is 0.927. The van der Waals surface area contributed by atoms with Crippen LogP contribution in [0.15, 0.2) is 17.2 Å². The van der Waals surface area contributed by atoms with Crippen LogP contribution >= 0.6 is 0 Å². The number of nitrogens with one attached hydrogen (secondary N) is 3. The Bertz CT molecular complexity index is 1020. The summed E-state index contributed by atoms with van der Waals surface area (Å²) in [4.78, 5) is 17.1. The van der Waals surface area contributed by atoms with Gasteiger partial charge >= 0.3 is 6.03 Å². The highest BCUT2D eigenvalue weighted by Gasteiger charge is 2.29. The zero-order valence-electron chi connectivity index (χ0n) is 17.8. The minimum absolute atomic E-state index is 0.0128. The number of carbonyl (C=O) groups excluding carboxylic acids is 1. The van der Waals surface area contributed by atoms with E-state index < -0.39 is 16.1 Å². The molecule has 30 heavy (non-hydrogen) atoms. The van der Waals surface area contributed by atoms with Crippen LogP contribution in [0.2, 0.25) is 0 Å². The first kappa shape index (κ1) is 21.9. The van der Waals surface area contributed by atoms with Crippen molar-refractivity contribution >= 4 is 27.6 Å². The minimum Gasteiger partial charge on any atom is -0.477 e. The molecule has 0 radical (unpaired) electrons. The van der Waals surface area contributed by atoms with Crippen molar-refractivity contribution in [2.24, 2.45) is 0 Å². The molecule has 2 aromatic heterocycles. The molecule has 3 heterocycles. The average Bonchev–Trinajstić information content (AvgIpc) is 3.12. The molecule has 0 atom stereocenters. The average molecular weight is 437 g/mol. The number of sulfonamides is 1. The third-order valence-electron chi connectivity index (χ3n) is 4.77. The molecule has 0 fully saturated rings. The third kappa shape index (κ3) is 4.35. The molecule has 11 heteroatoms. The standard InChI is InChI=1S/C19H28N6O4S/c1-11(2)13-9-15(20-5)22-16(12(3)4)17(13)23-19(26)24-30(27,28)14-10-21-25-7-6-8-29-18(14)25/h9-12H,6-8H2,1-5H3,(H,20,22)(H2,23,24,26). The van der Waals surface area contributed by atoms with Crippen LogP contribution in [0.1, 0.15) is 57.2 Å². The highest BCUT2D eigenvalue weighted by molar-refractivity contribution is 7.90. The van der Waals surface area contributed by atoms with Crippen molar-refractivity contribution in [3.05, 3.63) is 23.5 Å². The number of pyridine rings is 1. The van der Waals surface area contributed by atoms with Crippen LogP contribution in [0, 0.1) is 0 Å². The molecule has 10 nitrogen and oxygen atoms in total. The van der Waals surface area contributed by atoms with Crippen molar-refractivity contribution in [1.82, 2.24) is 19.5 Å². The van der Waals surface area contributed by atoms with E-state index >= 15 is 0 Å². The van der Waals surface area contributed by atoms with Gasteiger partial charge in [-0.3, -0.25) is 0 Å². The zero-order chi connectivity index (χ0) is 22.1. The molecule has 0 bridgehead atoms. The molecule has 3 rings (SSSR count). The van der Waals surface area contributed by atoms with Gasteiger partial charge in [-0.2, -0.15) is 5.10 Å². The van der Waals surface area contributed by atoms with Crippen LogP contribution < -0.4 is 20.1 Å². The number of rotatable bonds is 6. The molecular weight excluding hydrogens is 408 g/mol. The molecule has 0 saturated carbocycles. The lowest BCUT2D eigenvalue weighted by molar-refractivity contribution is 0.224. The number of nitrogens with zero attached hydrogens (tertiary/aromatic N) is 3. The van der Waals surface area contributed by atoms with Crippen LogP contribution in [0.3, 0.4) is 0 Å². The molecule has 0 aromatic carbocycles. The van der Waals surface area contributed by atoms with Gasteiger partial charge in [-0.05, 0) is 23.5 Å². The lowest BCUT2D eigenvalue weighted by Gasteiger charge is -2.21. The monoisotopic (exact) mass is 436 g/mol. The first-order chi connectivity index (χ1) is 14.1. The Morgan fingerprint density at radius 2 is 1.97 bits per heavy atom. The largest absolute Gasteiger partial charge is 0.477 e. The lowest BCUT2D eigenvalue weighted by Crippen LogP contribution is -2.35. The van der Waals surface area contributed by atoms with E-state index in [-0.39, 0.29) is 22.6 Å². The SMILES string of the molecule is CNc1cc(C(C)C)c(NC(=O)NS(=O)(=O)c2cnn3c2OCCC3)c(C(C)C)n1. The van der Waals surface area contributed by atoms with Gasteiger partial charge in [-0.15, -0.1) is 0 Å². The van der Waals surface area contributed by atoms with E-state index in [9.17, 15) is 13.2 Å². The van der Waals surface area contributed by atoms with E-state index in [1.54, 1.807) is 7.05 Å². The predicted molar refractivity (Wildman–Crippen MR) is 114 cm³/mol. The second-order valence-electron chi connectivity index (χ2n) is 7.72. The summed E-state index contributed by atoms with van der Waals surface area (Å²) in [5, 5.41) is 9.76. The number of amides is 2. The van der Waals surface area contributed by atoms with Gasteiger partial charge in [0.1, 0.15) is 5.82 Å². The first-order valence-corrected chi connectivity index (χ1v) is 11.4. The number of ether oxygens (including phenoxy) is 1. The number of carbonyl (C=O) groups is 1. The molecule has 1 aliphatic rings. The van der Waals surface area contributed by atoms with Crippen LogP contribution in [-0.2, 0) is 16.6 Å². The molecule has 1 aliphatic heterocycles. The molecule has 0 saturated heterocycles. The zero-order valence-corrected chi connectivity index (χ0v) is 18.6. The molecule has 2 aromatic rings. The number of aromatic nitrogens is 3. The lowest BCUT2D eigenvalue weighted by atomic mass is 9.97. The molecule has 2 amide bonds. The van der Waals surface area contributed by atoms with Gasteiger partial charge in [-0.25, -0.2) is 27.6 Å². The van der Waals surface area contributed by atoms with E-state index in [1.807, 2.05) is 33.8 Å². The molecule has 164 valence electrons. The first-order valence-electron chi connectivity index (χ1n) is 9.89. The van der Waals surface area contributed by atoms with Gasteiger partial charge in [0.05, 0.1) is 24.2 Å². The second-order valence-corrected chi connectivity index (χ2v) is 9.37. The fraction of sp³-hybridized carbons (Fsp3) is 0.526. The highest BCUT2D eigenvalue weighted by atomic mass is 32.2. The normalized spacial score (nSPS) is 13.7. The van der Waals surface area contributed by atoms with Gasteiger partial charge in [0.25, 0.3) is 10.0 Å². The van der Waals surface area contributed by atoms with E-state index in [1.165, 1.54) is 10.9 Å². The van der Waals surface area contributed by atoms with Gasteiger partial charge in [0, 0.05) is 20.0 Å². The Balaban J connectivity index is 1.90. The Kier molecular flexibility index (Phi) is 6.20. The number of hydrogen-bond donors (Lipinski definition) is 3. The fourth-order valence-electron chi connectivity index (χ4n) is 3.27. The predicted octanol–water partition coefficient (Wildman–Crippen LogP) is 2.86. The van der Waals surface area contributed by atoms with Crippen molar-refractivity contribution < 1.29 is 17.9 Å². The number of hydrogen-bond acceptors (Lipinski definition) is 7. The Morgan fingerprint density at radius 3 is 2.60 bits per heavy atom. The quantitative estimate of drug-likeness (QED) is 0.635. The molecule has 0 spiro atoms. The Hall–Kier alpha value is -2.82. The van der Waals surface area contributed by atoms with Crippen molar-refractivity contribution in [2.45, 2.75) is 57.4 Å². The maximum absolute atomic E-state index is 12.8. The van der Waals surface area contributed by atoms with Crippen LogP contribution in [-0.4, -0.2) is 42.9 Å². The Morgan fingerprint density at radius 1 is 1.23 bits per heavy atom. The van der Waals surface area contributed by atoms with Crippen LogP contribution in [0.5, 0.6) is 5.88 Å². The van der Waals surface area contributed by atoms with Gasteiger partial charge in [-0.1, -0.05) is 27.7 Å². The van der Waals surface area contributed by atoms with Gasteiger partial charge < -0.3 is 15.4 Å². The van der Waals surface area contributed by atoms with Crippen molar-refractivity contribution in [1.29, 1.82) is 0 Å². The smallest absolute Gasteiger partial charge is 0.333 e. The van der Waals surface area contributed by atoms with Crippen molar-refractivity contribution in [2.75, 3.05) is 24.3 Å². The number of fused-ring (bicyclic) bond motifs is 1. The van der Waals surface area contributed by atoms with Crippen molar-refractivity contribution in [3.8, 4) is 5.88 Å². The maximum Gasteiger partial charge on any atom is 0.333 e. The summed E-state index contributed by atoms with van der Waals surface area (Å²) in [7, 11) is -2.38.